The first-order valence-electron chi connectivity index (χ1n) is 20.0. The van der Waals surface area contributed by atoms with E-state index < -0.39 is 12.2 Å². The molecule has 2 fully saturated rings. The Morgan fingerprint density at radius 2 is 1.33 bits per heavy atom. The molecule has 0 aliphatic carbocycles. The largest absolute Gasteiger partial charge is 0.391 e. The van der Waals surface area contributed by atoms with Crippen molar-refractivity contribution < 1.29 is 10.2 Å². The van der Waals surface area contributed by atoms with Gasteiger partial charge < -0.3 is 36.8 Å². The number of hydrogen-bond donors (Lipinski definition) is 7. The predicted molar refractivity (Wildman–Crippen MR) is 226 cm³/mol. The Morgan fingerprint density at radius 1 is 0.772 bits per heavy atom. The van der Waals surface area contributed by atoms with Gasteiger partial charge in [0.1, 0.15) is 33.3 Å². The summed E-state index contributed by atoms with van der Waals surface area (Å²) in [6, 6.07) is 3.90. The van der Waals surface area contributed by atoms with Crippen LogP contribution in [0.2, 0.25) is 0 Å². The van der Waals surface area contributed by atoms with E-state index in [1.807, 2.05) is 56.7 Å². The number of likely N-dealkylation sites (tertiary alicyclic amines) is 1. The van der Waals surface area contributed by atoms with Crippen molar-refractivity contribution in [3.8, 4) is 0 Å². The van der Waals surface area contributed by atoms with E-state index in [-0.39, 0.29) is 35.9 Å². The number of anilines is 4. The number of piperidine rings is 2. The highest BCUT2D eigenvalue weighted by molar-refractivity contribution is 7.09. The zero-order chi connectivity index (χ0) is 39.6. The first-order chi connectivity index (χ1) is 27.6. The Balaban J connectivity index is 0.971. The van der Waals surface area contributed by atoms with Gasteiger partial charge >= 0.3 is 0 Å². The van der Waals surface area contributed by atoms with Gasteiger partial charge in [0.05, 0.1) is 36.7 Å². The fourth-order valence-corrected chi connectivity index (χ4v) is 9.20. The molecule has 18 heteroatoms. The maximum atomic E-state index is 11.6. The molecule has 1 unspecified atom stereocenters. The van der Waals surface area contributed by atoms with Crippen molar-refractivity contribution >= 4 is 57.2 Å². The Bertz CT molecular complexity index is 2220. The number of nitrogens with one attached hydrogen (secondary N) is 5. The predicted octanol–water partition coefficient (Wildman–Crippen LogP) is 5.39. The summed E-state index contributed by atoms with van der Waals surface area (Å²) in [7, 11) is 0. The molecule has 2 aliphatic rings. The molecular formula is C39H54N14O2S2. The van der Waals surface area contributed by atoms with Crippen molar-refractivity contribution in [3.05, 3.63) is 68.8 Å². The van der Waals surface area contributed by atoms with Gasteiger partial charge in [-0.15, -0.1) is 22.7 Å². The number of rotatable bonds is 15. The number of β-amino-alcohol motifs (C(OH)–C–C–N with tert-alkyl or cyclic N) is 2. The normalized spacial score (nSPS) is 22.2. The van der Waals surface area contributed by atoms with E-state index in [0.29, 0.717) is 26.2 Å². The molecule has 16 nitrogen and oxygen atoms in total. The minimum atomic E-state index is -0.541. The van der Waals surface area contributed by atoms with E-state index in [2.05, 4.69) is 81.2 Å². The molecule has 0 saturated carbocycles. The van der Waals surface area contributed by atoms with Crippen molar-refractivity contribution in [3.63, 3.8) is 0 Å². The molecule has 7 N–H and O–H groups in total. The molecule has 8 heterocycles. The maximum Gasteiger partial charge on any atom is 0.164 e. The molecule has 57 heavy (non-hydrogen) atoms. The Hall–Kier alpha value is -4.46. The minimum Gasteiger partial charge on any atom is -0.391 e. The van der Waals surface area contributed by atoms with Crippen molar-refractivity contribution in [2.24, 2.45) is 11.8 Å². The van der Waals surface area contributed by atoms with Gasteiger partial charge in [-0.05, 0) is 52.6 Å². The van der Waals surface area contributed by atoms with Gasteiger partial charge in [0.25, 0.3) is 0 Å². The molecule has 0 aromatic carbocycles. The van der Waals surface area contributed by atoms with Crippen LogP contribution in [0, 0.1) is 11.8 Å². The molecule has 7 atom stereocenters. The zero-order valence-corrected chi connectivity index (χ0v) is 34.8. The molecule has 0 spiro atoms. The van der Waals surface area contributed by atoms with Crippen LogP contribution in [0.15, 0.2) is 47.7 Å². The molecule has 0 bridgehead atoms. The van der Waals surface area contributed by atoms with Crippen LogP contribution in [0.1, 0.15) is 92.6 Å². The van der Waals surface area contributed by atoms with Crippen LogP contribution in [0.5, 0.6) is 0 Å². The van der Waals surface area contributed by atoms with E-state index in [1.54, 1.807) is 22.7 Å². The van der Waals surface area contributed by atoms with Crippen molar-refractivity contribution in [2.75, 3.05) is 60.5 Å². The summed E-state index contributed by atoms with van der Waals surface area (Å²) in [5.41, 5.74) is 3.63. The molecule has 0 amide bonds. The lowest BCUT2D eigenvalue weighted by Crippen LogP contribution is -2.46. The second kappa shape index (κ2) is 17.2. The number of aliphatic hydroxyl groups is 2. The summed E-state index contributed by atoms with van der Waals surface area (Å²) in [6.45, 7) is 14.7. The van der Waals surface area contributed by atoms with Crippen LogP contribution in [-0.2, 0) is 0 Å². The van der Waals surface area contributed by atoms with E-state index >= 15 is 0 Å². The van der Waals surface area contributed by atoms with Gasteiger partial charge in [-0.2, -0.15) is 19.2 Å². The summed E-state index contributed by atoms with van der Waals surface area (Å²) in [5, 5.41) is 55.2. The second-order valence-electron chi connectivity index (χ2n) is 15.7. The third-order valence-corrected chi connectivity index (χ3v) is 13.3. The van der Waals surface area contributed by atoms with Gasteiger partial charge in [0, 0.05) is 90.5 Å². The van der Waals surface area contributed by atoms with E-state index in [9.17, 15) is 10.2 Å². The van der Waals surface area contributed by atoms with Crippen molar-refractivity contribution in [2.45, 2.75) is 83.7 Å². The second-order valence-corrected chi connectivity index (χ2v) is 17.6. The molecule has 304 valence electrons. The SMILES string of the molecule is CC(C)c1cnn2c(N[C@H](C)c3nccs3)cc(NC[C@H]3CCN(C(C)c4cnn5c(N[C@@H](C)c6nccs6)cc(NC[C@H]6CCNC[C@@H]6O)nc45)C[C@@H]3O)nc12. The summed E-state index contributed by atoms with van der Waals surface area (Å²) >= 11 is 3.23. The lowest BCUT2D eigenvalue weighted by molar-refractivity contribution is 0.0110. The van der Waals surface area contributed by atoms with Crippen LogP contribution in [0.25, 0.3) is 11.3 Å². The topological polar surface area (TPSA) is 190 Å². The highest BCUT2D eigenvalue weighted by atomic mass is 32.1. The van der Waals surface area contributed by atoms with Gasteiger partial charge in [-0.25, -0.2) is 19.9 Å². The number of aliphatic hydroxyl groups excluding tert-OH is 2. The lowest BCUT2D eigenvalue weighted by Gasteiger charge is -2.39. The van der Waals surface area contributed by atoms with Crippen LogP contribution in [0.4, 0.5) is 23.3 Å². The van der Waals surface area contributed by atoms with Crippen LogP contribution >= 0.6 is 22.7 Å². The van der Waals surface area contributed by atoms with Crippen molar-refractivity contribution in [1.29, 1.82) is 0 Å². The van der Waals surface area contributed by atoms with Gasteiger partial charge in [0.2, 0.25) is 0 Å². The first kappa shape index (κ1) is 39.4. The monoisotopic (exact) mass is 814 g/mol. The quantitative estimate of drug-likeness (QED) is 0.0699. The van der Waals surface area contributed by atoms with Crippen molar-refractivity contribution in [1.82, 2.24) is 49.4 Å². The number of nitrogens with zero attached hydrogens (tertiary/aromatic N) is 9. The number of hydrogen-bond acceptors (Lipinski definition) is 16. The Morgan fingerprint density at radius 3 is 1.86 bits per heavy atom. The molecule has 2 saturated heterocycles. The van der Waals surface area contributed by atoms with Crippen LogP contribution in [-0.4, -0.2) is 106 Å². The maximum absolute atomic E-state index is 11.6. The standard InChI is InChI=1S/C39H54N14O2S2/c1-22(2)28-18-45-52-34(47-23(3)38-41-9-12-56-38)14-32(49-36(28)52)44-17-27-7-11-51(21-31(27)55)25(5)29-19-46-53-35(48-24(4)39-42-10-13-57-39)15-33(50-37(29)53)43-16-26-6-8-40-20-30(26)54/h9-10,12-15,18-19,22-27,30-31,40,47-48,54-55H,6-8,11,16-17,20-21H2,1-5H3,(H,43,50)(H,44,49)/t23-,24+,25?,26-,27-,30+,31+/m1/s1. The summed E-state index contributed by atoms with van der Waals surface area (Å²) in [6.07, 6.45) is 8.20. The van der Waals surface area contributed by atoms with E-state index in [4.69, 9.17) is 15.1 Å². The fourth-order valence-electron chi connectivity index (χ4n) is 7.91. The highest BCUT2D eigenvalue weighted by Gasteiger charge is 2.32. The Kier molecular flexibility index (Phi) is 11.9. The number of fused-ring (bicyclic) bond motifs is 2. The minimum absolute atomic E-state index is 0.00207. The third kappa shape index (κ3) is 8.56. The molecule has 6 aromatic heterocycles. The van der Waals surface area contributed by atoms with Crippen LogP contribution < -0.4 is 26.6 Å². The third-order valence-electron chi connectivity index (χ3n) is 11.4. The first-order valence-corrected chi connectivity index (χ1v) is 21.8. The fraction of sp³-hybridized carbons (Fsp3) is 0.538. The average Bonchev–Trinajstić information content (AvgIpc) is 4.04. The molecule has 0 radical (unpaired) electrons. The zero-order valence-electron chi connectivity index (χ0n) is 33.1. The smallest absolute Gasteiger partial charge is 0.164 e. The molecule has 2 aliphatic heterocycles. The molecular weight excluding hydrogens is 761 g/mol. The van der Waals surface area contributed by atoms with Gasteiger partial charge in [0.15, 0.2) is 11.3 Å². The lowest BCUT2D eigenvalue weighted by atomic mass is 9.92. The van der Waals surface area contributed by atoms with E-state index in [1.165, 1.54) is 0 Å². The average molecular weight is 815 g/mol. The van der Waals surface area contributed by atoms with E-state index in [0.717, 1.165) is 81.6 Å². The molecule has 6 aromatic rings. The number of thiazole rings is 2. The summed E-state index contributed by atoms with van der Waals surface area (Å²) < 4.78 is 3.73. The van der Waals surface area contributed by atoms with Gasteiger partial charge in [-0.1, -0.05) is 13.8 Å². The van der Waals surface area contributed by atoms with Crippen LogP contribution in [0.3, 0.4) is 0 Å². The number of aromatic nitrogens is 8. The summed E-state index contributed by atoms with van der Waals surface area (Å²) in [5.74, 6) is 3.54. The highest BCUT2D eigenvalue weighted by Crippen LogP contribution is 2.33. The Labute approximate surface area is 340 Å². The van der Waals surface area contributed by atoms with Gasteiger partial charge in [-0.3, -0.25) is 4.90 Å². The summed E-state index contributed by atoms with van der Waals surface area (Å²) in [4.78, 5) is 21.4. The molecule has 8 rings (SSSR count).